The lowest BCUT2D eigenvalue weighted by molar-refractivity contribution is -0.109. The average molecular weight is 362 g/mol. The highest BCUT2D eigenvalue weighted by Crippen LogP contribution is 2.14. The van der Waals surface area contributed by atoms with Crippen molar-refractivity contribution in [2.24, 2.45) is 0 Å². The van der Waals surface area contributed by atoms with Crippen LogP contribution in [0, 0.1) is 0 Å². The van der Waals surface area contributed by atoms with E-state index >= 15 is 0 Å². The van der Waals surface area contributed by atoms with E-state index in [9.17, 15) is 13.2 Å². The summed E-state index contributed by atoms with van der Waals surface area (Å²) in [5.41, 5.74) is 1.09. The quantitative estimate of drug-likeness (QED) is 0.724. The first-order valence-electron chi connectivity index (χ1n) is 7.09. The highest BCUT2D eigenvalue weighted by molar-refractivity contribution is 8.13. The first kappa shape index (κ1) is 19.5. The lowest BCUT2D eigenvalue weighted by Crippen LogP contribution is -2.38. The lowest BCUT2D eigenvalue weighted by atomic mass is 10.1. The molecule has 4 nitrogen and oxygen atoms in total. The van der Waals surface area contributed by atoms with Gasteiger partial charge in [0.25, 0.3) is 0 Å². The molecule has 0 fully saturated rings. The lowest BCUT2D eigenvalue weighted by Gasteiger charge is -2.23. The van der Waals surface area contributed by atoms with Crippen LogP contribution in [0.4, 0.5) is 0 Å². The molecular formula is C15H23NO3S3. The Balaban J connectivity index is 2.50. The second-order valence-corrected chi connectivity index (χ2v) is 9.12. The summed E-state index contributed by atoms with van der Waals surface area (Å²) in [6.45, 7) is 3.30. The monoisotopic (exact) mass is 361 g/mol. The zero-order chi connectivity index (χ0) is 16.8. The number of aryl methyl sites for hydroxylation is 1. The van der Waals surface area contributed by atoms with Crippen molar-refractivity contribution in [2.75, 3.05) is 18.6 Å². The molecule has 0 spiro atoms. The van der Waals surface area contributed by atoms with E-state index < -0.39 is 10.0 Å². The molecule has 1 aromatic carbocycles. The van der Waals surface area contributed by atoms with Gasteiger partial charge in [0.2, 0.25) is 10.0 Å². The van der Waals surface area contributed by atoms with E-state index in [0.717, 1.165) is 22.2 Å². The van der Waals surface area contributed by atoms with E-state index in [4.69, 9.17) is 0 Å². The van der Waals surface area contributed by atoms with Crippen LogP contribution in [-0.4, -0.2) is 42.4 Å². The highest BCUT2D eigenvalue weighted by Gasteiger charge is 2.23. The number of rotatable bonds is 8. The van der Waals surface area contributed by atoms with Crippen molar-refractivity contribution < 1.29 is 13.2 Å². The highest BCUT2D eigenvalue weighted by atomic mass is 32.2. The SMILES string of the molecule is CC(=O)SC[C@@H](C)N(C)S(=O)(=O)CCCc1cccc(S)c1. The molecule has 0 radical (unpaired) electrons. The molecule has 0 aromatic heterocycles. The normalized spacial score (nSPS) is 13.3. The van der Waals surface area contributed by atoms with Crippen LogP contribution in [0.2, 0.25) is 0 Å². The van der Waals surface area contributed by atoms with Crippen molar-refractivity contribution in [1.82, 2.24) is 4.31 Å². The molecule has 7 heteroatoms. The molecule has 0 unspecified atom stereocenters. The Hall–Kier alpha value is -0.500. The van der Waals surface area contributed by atoms with Gasteiger partial charge in [0.15, 0.2) is 5.12 Å². The van der Waals surface area contributed by atoms with Gasteiger partial charge in [-0.05, 0) is 37.5 Å². The predicted octanol–water partition coefficient (Wildman–Crippen LogP) is 2.84. The summed E-state index contributed by atoms with van der Waals surface area (Å²) in [6.07, 6.45) is 1.27. The number of hydrogen-bond donors (Lipinski definition) is 1. The Morgan fingerprint density at radius 3 is 2.68 bits per heavy atom. The minimum Gasteiger partial charge on any atom is -0.288 e. The maximum atomic E-state index is 12.3. The van der Waals surface area contributed by atoms with E-state index in [1.54, 1.807) is 7.05 Å². The molecule has 0 aliphatic heterocycles. The number of thiol groups is 1. The first-order valence-corrected chi connectivity index (χ1v) is 10.1. The van der Waals surface area contributed by atoms with Crippen molar-refractivity contribution in [3.8, 4) is 0 Å². The summed E-state index contributed by atoms with van der Waals surface area (Å²) < 4.78 is 26.0. The van der Waals surface area contributed by atoms with E-state index in [1.807, 2.05) is 31.2 Å². The fraction of sp³-hybridized carbons (Fsp3) is 0.533. The van der Waals surface area contributed by atoms with E-state index in [0.29, 0.717) is 18.6 Å². The zero-order valence-corrected chi connectivity index (χ0v) is 15.7. The molecule has 1 atom stereocenters. The predicted molar refractivity (Wildman–Crippen MR) is 96.2 cm³/mol. The van der Waals surface area contributed by atoms with Crippen LogP contribution >= 0.6 is 24.4 Å². The van der Waals surface area contributed by atoms with Crippen LogP contribution < -0.4 is 0 Å². The topological polar surface area (TPSA) is 54.5 Å². The molecule has 0 N–H and O–H groups in total. The third-order valence-electron chi connectivity index (χ3n) is 3.37. The maximum absolute atomic E-state index is 12.3. The zero-order valence-electron chi connectivity index (χ0n) is 13.2. The maximum Gasteiger partial charge on any atom is 0.214 e. The Kier molecular flexibility index (Phi) is 7.96. The summed E-state index contributed by atoms with van der Waals surface area (Å²) >= 11 is 5.43. The first-order chi connectivity index (χ1) is 10.2. The molecule has 1 aromatic rings. The third kappa shape index (κ3) is 6.73. The van der Waals surface area contributed by atoms with Gasteiger partial charge in [0.1, 0.15) is 0 Å². The minimum atomic E-state index is -3.30. The number of benzene rings is 1. The van der Waals surface area contributed by atoms with E-state index in [-0.39, 0.29) is 16.9 Å². The number of hydrogen-bond acceptors (Lipinski definition) is 5. The van der Waals surface area contributed by atoms with Gasteiger partial charge in [0, 0.05) is 30.7 Å². The fourth-order valence-corrected chi connectivity index (χ4v) is 4.40. The molecule has 0 amide bonds. The Morgan fingerprint density at radius 2 is 2.09 bits per heavy atom. The van der Waals surface area contributed by atoms with Crippen molar-refractivity contribution in [3.05, 3.63) is 29.8 Å². The molecular weight excluding hydrogens is 338 g/mol. The second-order valence-electron chi connectivity index (χ2n) is 5.26. The van der Waals surface area contributed by atoms with E-state index in [1.165, 1.54) is 11.2 Å². The number of nitrogens with zero attached hydrogens (tertiary/aromatic N) is 1. The van der Waals surface area contributed by atoms with Crippen LogP contribution in [0.1, 0.15) is 25.8 Å². The summed E-state index contributed by atoms with van der Waals surface area (Å²) in [5, 5.41) is 0.00397. The van der Waals surface area contributed by atoms with Gasteiger partial charge in [0.05, 0.1) is 5.75 Å². The molecule has 0 saturated heterocycles. The third-order valence-corrected chi connectivity index (χ3v) is 6.74. The van der Waals surface area contributed by atoms with Gasteiger partial charge < -0.3 is 0 Å². The smallest absolute Gasteiger partial charge is 0.214 e. The van der Waals surface area contributed by atoms with Crippen LogP contribution in [0.3, 0.4) is 0 Å². The van der Waals surface area contributed by atoms with E-state index in [2.05, 4.69) is 12.6 Å². The second kappa shape index (κ2) is 8.96. The summed E-state index contributed by atoms with van der Waals surface area (Å²) in [5.74, 6) is 0.585. The van der Waals surface area contributed by atoms with Gasteiger partial charge in [-0.15, -0.1) is 12.6 Å². The van der Waals surface area contributed by atoms with Crippen molar-refractivity contribution in [3.63, 3.8) is 0 Å². The van der Waals surface area contributed by atoms with Crippen LogP contribution in [-0.2, 0) is 21.2 Å². The van der Waals surface area contributed by atoms with Crippen LogP contribution in [0.15, 0.2) is 29.2 Å². The molecule has 22 heavy (non-hydrogen) atoms. The average Bonchev–Trinajstić information content (AvgIpc) is 2.43. The molecule has 0 bridgehead atoms. The number of thioether (sulfide) groups is 1. The molecule has 0 aliphatic carbocycles. The summed E-state index contributed by atoms with van der Waals surface area (Å²) in [4.78, 5) is 11.8. The minimum absolute atomic E-state index is 0.00397. The van der Waals surface area contributed by atoms with Gasteiger partial charge in [-0.25, -0.2) is 12.7 Å². The molecule has 1 rings (SSSR count). The Morgan fingerprint density at radius 1 is 1.41 bits per heavy atom. The van der Waals surface area contributed by atoms with Gasteiger partial charge in [-0.1, -0.05) is 23.9 Å². The summed E-state index contributed by atoms with van der Waals surface area (Å²) in [7, 11) is -1.72. The van der Waals surface area contributed by atoms with Crippen LogP contribution in [0.25, 0.3) is 0 Å². The fourth-order valence-electron chi connectivity index (χ4n) is 1.93. The number of sulfonamides is 1. The molecule has 0 heterocycles. The number of carbonyl (C=O) groups is 1. The van der Waals surface area contributed by atoms with Crippen LogP contribution in [0.5, 0.6) is 0 Å². The van der Waals surface area contributed by atoms with Gasteiger partial charge in [-0.2, -0.15) is 0 Å². The Labute approximate surface area is 143 Å². The molecule has 0 aliphatic rings. The number of carbonyl (C=O) groups excluding carboxylic acids is 1. The van der Waals surface area contributed by atoms with Gasteiger partial charge >= 0.3 is 0 Å². The Bertz CT molecular complexity index is 602. The largest absolute Gasteiger partial charge is 0.288 e. The van der Waals surface area contributed by atoms with Crippen molar-refractivity contribution >= 4 is 39.5 Å². The summed E-state index contributed by atoms with van der Waals surface area (Å²) in [6, 6.07) is 7.54. The van der Waals surface area contributed by atoms with Crippen molar-refractivity contribution in [1.29, 1.82) is 0 Å². The van der Waals surface area contributed by atoms with Gasteiger partial charge in [-0.3, -0.25) is 4.79 Å². The molecule has 0 saturated carbocycles. The standard InChI is InChI=1S/C15H23NO3S3/c1-12(11-21-13(2)17)16(3)22(18,19)9-5-7-14-6-4-8-15(20)10-14/h4,6,8,10,12,20H,5,7,9,11H2,1-3H3/t12-/m1/s1. The van der Waals surface area contributed by atoms with Crippen molar-refractivity contribution in [2.45, 2.75) is 37.6 Å². The molecule has 124 valence electrons.